The van der Waals surface area contributed by atoms with Gasteiger partial charge in [-0.25, -0.2) is 8.42 Å². The fraction of sp³-hybridized carbons (Fsp3) is 0.273. The molecule has 0 saturated heterocycles. The molecule has 0 unspecified atom stereocenters. The predicted molar refractivity (Wildman–Crippen MR) is 121 cm³/mol. The van der Waals surface area contributed by atoms with Crippen LogP contribution in [0.25, 0.3) is 0 Å². The van der Waals surface area contributed by atoms with E-state index >= 15 is 0 Å². The van der Waals surface area contributed by atoms with E-state index in [-0.39, 0.29) is 30.8 Å². The van der Waals surface area contributed by atoms with Gasteiger partial charge in [-0.15, -0.1) is 0 Å². The third-order valence-electron chi connectivity index (χ3n) is 4.46. The second-order valence-corrected chi connectivity index (χ2v) is 9.34. The third-order valence-corrected chi connectivity index (χ3v) is 6.66. The number of nitrogens with zero attached hydrogens (tertiary/aromatic N) is 1. The Balaban J connectivity index is 2.27. The van der Waals surface area contributed by atoms with Crippen molar-refractivity contribution >= 4 is 26.0 Å². The largest absolute Gasteiger partial charge is 0.497 e. The number of hydrogen-bond acceptors (Lipinski definition) is 4. The summed E-state index contributed by atoms with van der Waals surface area (Å²) in [7, 11) is -0.671. The van der Waals surface area contributed by atoms with E-state index in [2.05, 4.69) is 22.5 Å². The van der Waals surface area contributed by atoms with Gasteiger partial charge in [0.2, 0.25) is 10.0 Å². The zero-order chi connectivity index (χ0) is 22.1. The first-order valence-corrected chi connectivity index (χ1v) is 11.4. The number of sulfonamides is 1. The lowest BCUT2D eigenvalue weighted by Crippen LogP contribution is -2.31. The summed E-state index contributed by atoms with van der Waals surface area (Å²) >= 11 is 2.70. The van der Waals surface area contributed by atoms with E-state index in [0.717, 1.165) is 11.1 Å². The fourth-order valence-electron chi connectivity index (χ4n) is 2.75. The molecule has 162 valence electrons. The van der Waals surface area contributed by atoms with Crippen LogP contribution in [0, 0.1) is 0 Å². The molecule has 0 fully saturated rings. The van der Waals surface area contributed by atoms with Crippen LogP contribution in [0.3, 0.4) is 0 Å². The lowest BCUT2D eigenvalue weighted by Gasteiger charge is -2.24. The highest BCUT2D eigenvalue weighted by Gasteiger charge is 2.25. The Bertz CT molecular complexity index is 920. The van der Waals surface area contributed by atoms with Crippen LogP contribution in [0.2, 0.25) is 0 Å². The second kappa shape index (κ2) is 11.3. The van der Waals surface area contributed by atoms with Gasteiger partial charge >= 0.3 is 0 Å². The minimum absolute atomic E-state index is 0.0366. The number of benzene rings is 2. The van der Waals surface area contributed by atoms with Gasteiger partial charge in [0, 0.05) is 13.1 Å². The van der Waals surface area contributed by atoms with Crippen LogP contribution in [0.5, 0.6) is 11.5 Å². The number of halogens is 2. The molecule has 8 heteroatoms. The molecule has 0 radical (unpaired) electrons. The summed E-state index contributed by atoms with van der Waals surface area (Å²) in [6, 6.07) is 14.4. The van der Waals surface area contributed by atoms with Crippen LogP contribution in [0.4, 0.5) is 4.39 Å². The van der Waals surface area contributed by atoms with Gasteiger partial charge in [-0.05, 0) is 70.2 Å². The first kappa shape index (κ1) is 24.1. The summed E-state index contributed by atoms with van der Waals surface area (Å²) in [5.74, 6) is 1.38. The van der Waals surface area contributed by atoms with Gasteiger partial charge in [0.1, 0.15) is 11.5 Å². The second-order valence-electron chi connectivity index (χ2n) is 6.54. The Hall–Kier alpha value is -2.16. The average Bonchev–Trinajstić information content (AvgIpc) is 2.74. The Morgan fingerprint density at radius 1 is 1.00 bits per heavy atom. The topological polar surface area (TPSA) is 55.8 Å². The number of methoxy groups -OCH3 is 2. The van der Waals surface area contributed by atoms with Crippen LogP contribution < -0.4 is 9.47 Å². The van der Waals surface area contributed by atoms with Crippen molar-refractivity contribution in [1.29, 1.82) is 0 Å². The first-order valence-electron chi connectivity index (χ1n) is 9.21. The van der Waals surface area contributed by atoms with E-state index in [9.17, 15) is 12.8 Å². The normalized spacial score (nSPS) is 12.1. The number of hydrogen-bond donors (Lipinski definition) is 0. The summed E-state index contributed by atoms with van der Waals surface area (Å²) in [6.45, 7) is 4.08. The van der Waals surface area contributed by atoms with Gasteiger partial charge in [-0.2, -0.15) is 8.70 Å². The molecule has 0 aliphatic carbocycles. The summed E-state index contributed by atoms with van der Waals surface area (Å²) in [4.78, 5) is 0.0366. The molecule has 0 spiro atoms. The first-order chi connectivity index (χ1) is 14.3. The number of ether oxygens (including phenoxy) is 2. The number of allylic oxidation sites excluding steroid dienone is 2. The summed E-state index contributed by atoms with van der Waals surface area (Å²) in [5, 5.41) is 0. The van der Waals surface area contributed by atoms with Crippen molar-refractivity contribution in [2.75, 3.05) is 14.2 Å². The Morgan fingerprint density at radius 2 is 1.43 bits per heavy atom. The summed E-state index contributed by atoms with van der Waals surface area (Å²) < 4.78 is 50.5. The fourth-order valence-corrected chi connectivity index (χ4v) is 4.36. The van der Waals surface area contributed by atoms with Crippen molar-refractivity contribution in [3.8, 4) is 11.5 Å². The van der Waals surface area contributed by atoms with Gasteiger partial charge in [0.15, 0.2) is 4.74 Å². The van der Waals surface area contributed by atoms with Gasteiger partial charge in [0.25, 0.3) is 0 Å². The van der Waals surface area contributed by atoms with E-state index < -0.39 is 14.8 Å². The maximum Gasteiger partial charge on any atom is 0.239 e. The molecule has 0 saturated carbocycles. The zero-order valence-electron chi connectivity index (χ0n) is 17.0. The highest BCUT2D eigenvalue weighted by atomic mass is 79.9. The van der Waals surface area contributed by atoms with Gasteiger partial charge in [-0.3, -0.25) is 0 Å². The quantitative estimate of drug-likeness (QED) is 0.409. The molecule has 2 aromatic rings. The monoisotopic (exact) mass is 497 g/mol. The van der Waals surface area contributed by atoms with Crippen molar-refractivity contribution in [1.82, 2.24) is 4.31 Å². The van der Waals surface area contributed by atoms with Gasteiger partial charge in [-0.1, -0.05) is 30.8 Å². The van der Waals surface area contributed by atoms with Crippen molar-refractivity contribution in [3.05, 3.63) is 82.0 Å². The lowest BCUT2D eigenvalue weighted by atomic mass is 10.2. The summed E-state index contributed by atoms with van der Waals surface area (Å²) in [6.07, 6.45) is 1.63. The van der Waals surface area contributed by atoms with E-state index in [1.54, 1.807) is 38.5 Å². The molecule has 5 nitrogen and oxygen atoms in total. The minimum atomic E-state index is -3.82. The molecule has 0 aliphatic rings. The van der Waals surface area contributed by atoms with E-state index in [1.165, 1.54) is 10.4 Å². The van der Waals surface area contributed by atoms with Crippen LogP contribution >= 0.6 is 15.9 Å². The molecule has 0 aromatic heterocycles. The highest BCUT2D eigenvalue weighted by Crippen LogP contribution is 2.24. The van der Waals surface area contributed by atoms with Gasteiger partial charge < -0.3 is 9.47 Å². The Morgan fingerprint density at radius 3 is 1.80 bits per heavy atom. The zero-order valence-corrected chi connectivity index (χ0v) is 19.4. The molecule has 0 N–H and O–H groups in total. The molecule has 0 heterocycles. The SMILES string of the molecule is C=C(CC/C=C(\F)Br)S(=O)(=O)N(Cc1ccc(OC)cc1)Cc1ccc(OC)cc1. The van der Waals surface area contributed by atoms with Crippen molar-refractivity contribution < 1.29 is 22.3 Å². The number of rotatable bonds is 11. The molecule has 2 rings (SSSR count). The molecule has 0 amide bonds. The Labute approximate surface area is 186 Å². The van der Waals surface area contributed by atoms with Crippen LogP contribution in [-0.4, -0.2) is 26.9 Å². The minimum Gasteiger partial charge on any atom is -0.497 e. The van der Waals surface area contributed by atoms with Crippen molar-refractivity contribution in [2.24, 2.45) is 0 Å². The molecular formula is C22H25BrFNO4S. The summed E-state index contributed by atoms with van der Waals surface area (Å²) in [5.41, 5.74) is 1.62. The molecular weight excluding hydrogens is 473 g/mol. The molecule has 0 bridgehead atoms. The molecule has 30 heavy (non-hydrogen) atoms. The standard InChI is InChI=1S/C22H25BrFNO4S/c1-17(5-4-6-22(23)24)30(26,27)25(15-18-7-11-20(28-2)12-8-18)16-19-9-13-21(29-3)14-10-19/h6-14H,1,4-5,15-16H2,2-3H3/b22-6-. The van der Waals surface area contributed by atoms with Crippen molar-refractivity contribution in [2.45, 2.75) is 25.9 Å². The molecule has 0 aliphatic heterocycles. The smallest absolute Gasteiger partial charge is 0.239 e. The van der Waals surface area contributed by atoms with E-state index in [0.29, 0.717) is 11.5 Å². The third kappa shape index (κ3) is 6.97. The maximum atomic E-state index is 13.2. The Kier molecular flexibility index (Phi) is 9.08. The predicted octanol–water partition coefficient (Wildman–Crippen LogP) is 5.54. The molecule has 0 atom stereocenters. The van der Waals surface area contributed by atoms with Gasteiger partial charge in [0.05, 0.1) is 19.1 Å². The van der Waals surface area contributed by atoms with E-state index in [1.807, 2.05) is 24.3 Å². The van der Waals surface area contributed by atoms with E-state index in [4.69, 9.17) is 9.47 Å². The van der Waals surface area contributed by atoms with Crippen LogP contribution in [0.1, 0.15) is 24.0 Å². The molecule has 2 aromatic carbocycles. The van der Waals surface area contributed by atoms with Crippen molar-refractivity contribution in [3.63, 3.8) is 0 Å². The average molecular weight is 498 g/mol. The maximum absolute atomic E-state index is 13.2. The van der Waals surface area contributed by atoms with Crippen LogP contribution in [-0.2, 0) is 23.1 Å². The highest BCUT2D eigenvalue weighted by molar-refractivity contribution is 9.11. The lowest BCUT2D eigenvalue weighted by molar-refractivity contribution is 0.400. The van der Waals surface area contributed by atoms with Crippen LogP contribution in [0.15, 0.2) is 70.8 Å².